The number of benzene rings is 2. The van der Waals surface area contributed by atoms with Gasteiger partial charge in [0, 0.05) is 18.1 Å². The normalized spacial score (nSPS) is 10.6. The molecule has 0 aliphatic carbocycles. The third kappa shape index (κ3) is 5.17. The number of amides is 1. The van der Waals surface area contributed by atoms with E-state index in [1.54, 1.807) is 19.3 Å². The van der Waals surface area contributed by atoms with Crippen molar-refractivity contribution in [2.24, 2.45) is 0 Å². The second kappa shape index (κ2) is 9.26. The Kier molecular flexibility index (Phi) is 6.08. The molecular formula is C25H23N3O3. The fourth-order valence-corrected chi connectivity index (χ4v) is 3.23. The first-order valence-electron chi connectivity index (χ1n) is 10.0. The van der Waals surface area contributed by atoms with Gasteiger partial charge in [-0.25, -0.2) is 0 Å². The zero-order valence-electron chi connectivity index (χ0n) is 17.5. The zero-order valence-corrected chi connectivity index (χ0v) is 17.5. The lowest BCUT2D eigenvalue weighted by molar-refractivity contribution is 0.101. The lowest BCUT2D eigenvalue weighted by atomic mass is 10.1. The summed E-state index contributed by atoms with van der Waals surface area (Å²) in [5.74, 6) is 0.962. The minimum Gasteiger partial charge on any atom is -0.489 e. The Bertz CT molecular complexity index is 1170. The number of pyridine rings is 1. The van der Waals surface area contributed by atoms with Crippen LogP contribution in [0.3, 0.4) is 0 Å². The summed E-state index contributed by atoms with van der Waals surface area (Å²) in [7, 11) is 0. The molecule has 4 aromatic rings. The molecule has 0 spiro atoms. The maximum Gasteiger partial charge on any atom is 0.278 e. The van der Waals surface area contributed by atoms with E-state index in [-0.39, 0.29) is 18.2 Å². The number of rotatable bonds is 7. The molecule has 156 valence electrons. The lowest BCUT2D eigenvalue weighted by Gasteiger charge is -2.08. The van der Waals surface area contributed by atoms with Crippen LogP contribution in [0.2, 0.25) is 0 Å². The molecule has 0 bridgehead atoms. The van der Waals surface area contributed by atoms with Crippen molar-refractivity contribution in [3.05, 3.63) is 107 Å². The molecule has 1 amide bonds. The maximum absolute atomic E-state index is 12.8. The Labute approximate surface area is 180 Å². The van der Waals surface area contributed by atoms with Crippen molar-refractivity contribution in [3.63, 3.8) is 0 Å². The van der Waals surface area contributed by atoms with Crippen LogP contribution >= 0.6 is 0 Å². The smallest absolute Gasteiger partial charge is 0.278 e. The van der Waals surface area contributed by atoms with Crippen molar-refractivity contribution in [2.75, 3.05) is 5.32 Å². The number of nitrogens with zero attached hydrogens (tertiary/aromatic N) is 2. The van der Waals surface area contributed by atoms with Gasteiger partial charge in [-0.3, -0.25) is 9.78 Å². The molecule has 6 nitrogen and oxygen atoms in total. The highest BCUT2D eigenvalue weighted by Crippen LogP contribution is 2.20. The van der Waals surface area contributed by atoms with Gasteiger partial charge >= 0.3 is 0 Å². The summed E-state index contributed by atoms with van der Waals surface area (Å²) in [6.07, 6.45) is 4.37. The van der Waals surface area contributed by atoms with Crippen LogP contribution in [0.1, 0.15) is 38.5 Å². The largest absolute Gasteiger partial charge is 0.489 e. The summed E-state index contributed by atoms with van der Waals surface area (Å²) in [5.41, 5.74) is 4.98. The van der Waals surface area contributed by atoms with Crippen LogP contribution in [0.25, 0.3) is 0 Å². The molecule has 6 heteroatoms. The number of carbonyl (C=O) groups is 1. The molecule has 0 unspecified atom stereocenters. The molecule has 0 saturated carbocycles. The van der Waals surface area contributed by atoms with Gasteiger partial charge in [-0.2, -0.15) is 0 Å². The van der Waals surface area contributed by atoms with Crippen molar-refractivity contribution in [1.82, 2.24) is 10.1 Å². The second-order valence-corrected chi connectivity index (χ2v) is 7.35. The van der Waals surface area contributed by atoms with E-state index in [2.05, 4.69) is 15.5 Å². The molecule has 0 saturated heterocycles. The van der Waals surface area contributed by atoms with E-state index in [1.165, 1.54) is 5.56 Å². The van der Waals surface area contributed by atoms with Crippen molar-refractivity contribution in [1.29, 1.82) is 0 Å². The Morgan fingerprint density at radius 3 is 2.48 bits per heavy atom. The van der Waals surface area contributed by atoms with Crippen LogP contribution in [-0.2, 0) is 13.0 Å². The van der Waals surface area contributed by atoms with Gasteiger partial charge in [-0.1, -0.05) is 29.4 Å². The number of nitrogens with one attached hydrogen (secondary N) is 1. The van der Waals surface area contributed by atoms with Crippen molar-refractivity contribution < 1.29 is 14.1 Å². The first-order chi connectivity index (χ1) is 15.1. The lowest BCUT2D eigenvalue weighted by Crippen LogP contribution is -2.15. The number of hydrogen-bond acceptors (Lipinski definition) is 5. The molecule has 0 aliphatic heterocycles. The molecule has 0 radical (unpaired) electrons. The summed E-state index contributed by atoms with van der Waals surface area (Å²) in [5, 5.41) is 6.83. The summed E-state index contributed by atoms with van der Waals surface area (Å²) in [6, 6.07) is 19.5. The standard InChI is InChI=1S/C25H23N3O3/c1-17-4-3-5-22(14-17)30-16-23-18(2)31-28-24(23)25(29)27-21-8-6-19(7-9-21)15-20-10-12-26-13-11-20/h3-14H,15-16H2,1-2H3,(H,27,29). The van der Waals surface area contributed by atoms with Gasteiger partial charge in [0.1, 0.15) is 18.1 Å². The molecule has 2 heterocycles. The highest BCUT2D eigenvalue weighted by Gasteiger charge is 2.20. The van der Waals surface area contributed by atoms with Gasteiger partial charge in [0.05, 0.1) is 5.56 Å². The van der Waals surface area contributed by atoms with E-state index in [0.717, 1.165) is 23.3 Å². The van der Waals surface area contributed by atoms with E-state index in [1.807, 2.05) is 67.6 Å². The van der Waals surface area contributed by atoms with Gasteiger partial charge in [0.2, 0.25) is 0 Å². The Balaban J connectivity index is 1.41. The first-order valence-corrected chi connectivity index (χ1v) is 10.0. The topological polar surface area (TPSA) is 77.2 Å². The van der Waals surface area contributed by atoms with Crippen molar-refractivity contribution >= 4 is 11.6 Å². The molecule has 0 fully saturated rings. The molecule has 1 N–H and O–H groups in total. The first kappa shape index (κ1) is 20.3. The third-order valence-corrected chi connectivity index (χ3v) is 4.94. The predicted molar refractivity (Wildman–Crippen MR) is 118 cm³/mol. The van der Waals surface area contributed by atoms with E-state index >= 15 is 0 Å². The number of aromatic nitrogens is 2. The number of aryl methyl sites for hydroxylation is 2. The Morgan fingerprint density at radius 1 is 1.00 bits per heavy atom. The van der Waals surface area contributed by atoms with Crippen LogP contribution in [0.5, 0.6) is 5.75 Å². The predicted octanol–water partition coefficient (Wildman–Crippen LogP) is 5.11. The van der Waals surface area contributed by atoms with Gasteiger partial charge in [-0.15, -0.1) is 0 Å². The number of ether oxygens (including phenoxy) is 1. The van der Waals surface area contributed by atoms with Gasteiger partial charge in [0.25, 0.3) is 5.91 Å². The summed E-state index contributed by atoms with van der Waals surface area (Å²) < 4.78 is 11.1. The number of anilines is 1. The summed E-state index contributed by atoms with van der Waals surface area (Å²) in [4.78, 5) is 16.8. The van der Waals surface area contributed by atoms with Crippen LogP contribution in [0.15, 0.2) is 77.6 Å². The van der Waals surface area contributed by atoms with Crippen LogP contribution in [0.4, 0.5) is 5.69 Å². The fourth-order valence-electron chi connectivity index (χ4n) is 3.23. The molecular weight excluding hydrogens is 390 g/mol. The Morgan fingerprint density at radius 2 is 1.74 bits per heavy atom. The minimum atomic E-state index is -0.332. The van der Waals surface area contributed by atoms with Gasteiger partial charge in [0.15, 0.2) is 5.69 Å². The summed E-state index contributed by atoms with van der Waals surface area (Å²) in [6.45, 7) is 3.97. The maximum atomic E-state index is 12.8. The van der Waals surface area contributed by atoms with E-state index < -0.39 is 0 Å². The average Bonchev–Trinajstić information content (AvgIpc) is 3.15. The molecule has 2 aromatic carbocycles. The SMILES string of the molecule is Cc1cccc(OCc2c(C(=O)Nc3ccc(Cc4ccncc4)cc3)noc2C)c1. The monoisotopic (exact) mass is 413 g/mol. The summed E-state index contributed by atoms with van der Waals surface area (Å²) >= 11 is 0. The molecule has 0 aliphatic rings. The van der Waals surface area contributed by atoms with Crippen molar-refractivity contribution in [3.8, 4) is 5.75 Å². The molecule has 2 aromatic heterocycles. The van der Waals surface area contributed by atoms with Crippen LogP contribution in [0, 0.1) is 13.8 Å². The number of hydrogen-bond donors (Lipinski definition) is 1. The average molecular weight is 413 g/mol. The third-order valence-electron chi connectivity index (χ3n) is 4.94. The van der Waals surface area contributed by atoms with E-state index in [9.17, 15) is 4.79 Å². The highest BCUT2D eigenvalue weighted by atomic mass is 16.5. The fraction of sp³-hybridized carbons (Fsp3) is 0.160. The van der Waals surface area contributed by atoms with Crippen LogP contribution in [-0.4, -0.2) is 16.0 Å². The quantitative estimate of drug-likeness (QED) is 0.456. The van der Waals surface area contributed by atoms with Crippen LogP contribution < -0.4 is 10.1 Å². The molecule has 31 heavy (non-hydrogen) atoms. The number of carbonyl (C=O) groups excluding carboxylic acids is 1. The minimum absolute atomic E-state index is 0.201. The zero-order chi connectivity index (χ0) is 21.6. The molecule has 4 rings (SSSR count). The van der Waals surface area contributed by atoms with Gasteiger partial charge in [-0.05, 0) is 73.4 Å². The molecule has 0 atom stereocenters. The van der Waals surface area contributed by atoms with E-state index in [0.29, 0.717) is 17.0 Å². The van der Waals surface area contributed by atoms with E-state index in [4.69, 9.17) is 9.26 Å². The Hall–Kier alpha value is -3.93. The highest BCUT2D eigenvalue weighted by molar-refractivity contribution is 6.03. The van der Waals surface area contributed by atoms with Gasteiger partial charge < -0.3 is 14.6 Å². The second-order valence-electron chi connectivity index (χ2n) is 7.35. The van der Waals surface area contributed by atoms with Crippen molar-refractivity contribution in [2.45, 2.75) is 26.9 Å².